The van der Waals surface area contributed by atoms with E-state index in [9.17, 15) is 0 Å². The molecule has 0 bridgehead atoms. The summed E-state index contributed by atoms with van der Waals surface area (Å²) in [7, 11) is 0. The van der Waals surface area contributed by atoms with E-state index in [0.29, 0.717) is 24.1 Å². The molecule has 0 aliphatic carbocycles. The zero-order chi connectivity index (χ0) is 15.6. The highest BCUT2D eigenvalue weighted by atomic mass is 79.9. The third kappa shape index (κ3) is 3.94. The molecule has 1 aromatic heterocycles. The molecule has 0 saturated heterocycles. The van der Waals surface area contributed by atoms with Crippen LogP contribution in [0, 0.1) is 6.92 Å². The summed E-state index contributed by atoms with van der Waals surface area (Å²) in [4.78, 5) is 8.87. The number of halogens is 1. The molecule has 21 heavy (non-hydrogen) atoms. The molecule has 0 spiro atoms. The lowest BCUT2D eigenvalue weighted by molar-refractivity contribution is 0.288. The smallest absolute Gasteiger partial charge is 0.222 e. The molecule has 0 amide bonds. The third-order valence-corrected chi connectivity index (χ3v) is 3.63. The standard InChI is InChI=1S/C16H20BrN3O/c1-10-13(18)19-15(16(2,3)4)20-14(10)21-9-11-5-7-12(17)8-6-11/h5-8H,9H2,1-4H3,(H2,18,19,20). The van der Waals surface area contributed by atoms with Gasteiger partial charge in [-0.1, -0.05) is 48.8 Å². The van der Waals surface area contributed by atoms with Gasteiger partial charge in [0.25, 0.3) is 0 Å². The first kappa shape index (κ1) is 15.8. The third-order valence-electron chi connectivity index (χ3n) is 3.10. The second-order valence-electron chi connectivity index (χ2n) is 6.03. The predicted octanol–water partition coefficient (Wildman–Crippen LogP) is 4.01. The number of ether oxygens (including phenoxy) is 1. The van der Waals surface area contributed by atoms with Gasteiger partial charge in [-0.25, -0.2) is 4.98 Å². The fraction of sp³-hybridized carbons (Fsp3) is 0.375. The van der Waals surface area contributed by atoms with E-state index in [1.54, 1.807) is 0 Å². The van der Waals surface area contributed by atoms with Gasteiger partial charge in [-0.3, -0.25) is 0 Å². The maximum Gasteiger partial charge on any atom is 0.222 e. The summed E-state index contributed by atoms with van der Waals surface area (Å²) in [5.41, 5.74) is 7.65. The molecule has 0 unspecified atom stereocenters. The van der Waals surface area contributed by atoms with Crippen LogP contribution >= 0.6 is 15.9 Å². The number of benzene rings is 1. The van der Waals surface area contributed by atoms with Crippen LogP contribution in [0.15, 0.2) is 28.7 Å². The molecule has 112 valence electrons. The zero-order valence-corrected chi connectivity index (χ0v) is 14.4. The molecule has 2 N–H and O–H groups in total. The number of anilines is 1. The van der Waals surface area contributed by atoms with Crippen molar-refractivity contribution in [2.24, 2.45) is 0 Å². The number of hydrogen-bond acceptors (Lipinski definition) is 4. The van der Waals surface area contributed by atoms with Gasteiger partial charge in [0.1, 0.15) is 18.2 Å². The summed E-state index contributed by atoms with van der Waals surface area (Å²) in [6.45, 7) is 8.48. The fourth-order valence-electron chi connectivity index (χ4n) is 1.72. The number of hydrogen-bond donors (Lipinski definition) is 1. The molecule has 2 aromatic rings. The van der Waals surface area contributed by atoms with Gasteiger partial charge in [0.2, 0.25) is 5.88 Å². The van der Waals surface area contributed by atoms with E-state index in [1.807, 2.05) is 31.2 Å². The first-order valence-corrected chi connectivity index (χ1v) is 7.58. The number of rotatable bonds is 3. The Morgan fingerprint density at radius 3 is 2.33 bits per heavy atom. The van der Waals surface area contributed by atoms with Crippen molar-refractivity contribution in [1.82, 2.24) is 9.97 Å². The lowest BCUT2D eigenvalue weighted by Gasteiger charge is -2.19. The van der Waals surface area contributed by atoms with Gasteiger partial charge in [0.15, 0.2) is 0 Å². The van der Waals surface area contributed by atoms with Crippen molar-refractivity contribution in [3.05, 3.63) is 45.7 Å². The monoisotopic (exact) mass is 349 g/mol. The zero-order valence-electron chi connectivity index (χ0n) is 12.8. The van der Waals surface area contributed by atoms with E-state index >= 15 is 0 Å². The van der Waals surface area contributed by atoms with Gasteiger partial charge in [-0.2, -0.15) is 4.98 Å². The van der Waals surface area contributed by atoms with Crippen LogP contribution in [-0.2, 0) is 12.0 Å². The Balaban J connectivity index is 2.23. The number of nitrogen functional groups attached to an aromatic ring is 1. The molecule has 0 fully saturated rings. The van der Waals surface area contributed by atoms with E-state index in [2.05, 4.69) is 46.7 Å². The lowest BCUT2D eigenvalue weighted by Crippen LogP contribution is -2.18. The van der Waals surface area contributed by atoms with Crippen molar-refractivity contribution >= 4 is 21.7 Å². The Labute approximate surface area is 133 Å². The minimum atomic E-state index is -0.169. The van der Waals surface area contributed by atoms with Crippen LogP contribution < -0.4 is 10.5 Å². The molecule has 5 heteroatoms. The van der Waals surface area contributed by atoms with Crippen molar-refractivity contribution in [2.45, 2.75) is 39.7 Å². The highest BCUT2D eigenvalue weighted by molar-refractivity contribution is 9.10. The Bertz CT molecular complexity index is 633. The van der Waals surface area contributed by atoms with E-state index < -0.39 is 0 Å². The number of nitrogens with two attached hydrogens (primary N) is 1. The average Bonchev–Trinajstić information content (AvgIpc) is 2.41. The highest BCUT2D eigenvalue weighted by Gasteiger charge is 2.21. The SMILES string of the molecule is Cc1c(N)nc(C(C)(C)C)nc1OCc1ccc(Br)cc1. The van der Waals surface area contributed by atoms with Gasteiger partial charge in [-0.05, 0) is 24.6 Å². The summed E-state index contributed by atoms with van der Waals surface area (Å²) in [6, 6.07) is 7.99. The van der Waals surface area contributed by atoms with Crippen molar-refractivity contribution in [1.29, 1.82) is 0 Å². The van der Waals surface area contributed by atoms with Crippen LogP contribution in [-0.4, -0.2) is 9.97 Å². The molecular formula is C16H20BrN3O. The maximum atomic E-state index is 5.97. The topological polar surface area (TPSA) is 61.0 Å². The van der Waals surface area contributed by atoms with Crippen LogP contribution in [0.3, 0.4) is 0 Å². The molecule has 1 heterocycles. The molecule has 0 atom stereocenters. The Morgan fingerprint density at radius 1 is 1.14 bits per heavy atom. The average molecular weight is 350 g/mol. The van der Waals surface area contributed by atoms with Crippen molar-refractivity contribution in [3.8, 4) is 5.88 Å². The van der Waals surface area contributed by atoms with Crippen LogP contribution in [0.25, 0.3) is 0 Å². The summed E-state index contributed by atoms with van der Waals surface area (Å²) < 4.78 is 6.88. The first-order valence-electron chi connectivity index (χ1n) is 6.79. The normalized spacial score (nSPS) is 11.5. The molecular weight excluding hydrogens is 330 g/mol. The van der Waals surface area contributed by atoms with Crippen LogP contribution in [0.4, 0.5) is 5.82 Å². The summed E-state index contributed by atoms with van der Waals surface area (Å²) >= 11 is 3.42. The lowest BCUT2D eigenvalue weighted by atomic mass is 9.95. The summed E-state index contributed by atoms with van der Waals surface area (Å²) in [5.74, 6) is 1.72. The van der Waals surface area contributed by atoms with Crippen LogP contribution in [0.5, 0.6) is 5.88 Å². The molecule has 0 aliphatic heterocycles. The highest BCUT2D eigenvalue weighted by Crippen LogP contribution is 2.26. The largest absolute Gasteiger partial charge is 0.472 e. The maximum absolute atomic E-state index is 5.97. The molecule has 4 nitrogen and oxygen atoms in total. The molecule has 2 rings (SSSR count). The van der Waals surface area contributed by atoms with Gasteiger partial charge in [0.05, 0.1) is 5.56 Å². The van der Waals surface area contributed by atoms with E-state index in [4.69, 9.17) is 10.5 Å². The Kier molecular flexibility index (Phi) is 4.52. The number of aromatic nitrogens is 2. The van der Waals surface area contributed by atoms with Gasteiger partial charge < -0.3 is 10.5 Å². The second-order valence-corrected chi connectivity index (χ2v) is 6.94. The van der Waals surface area contributed by atoms with E-state index in [-0.39, 0.29) is 5.41 Å². The predicted molar refractivity (Wildman–Crippen MR) is 88.4 cm³/mol. The second kappa shape index (κ2) is 6.02. The van der Waals surface area contributed by atoms with Crippen LogP contribution in [0.2, 0.25) is 0 Å². The van der Waals surface area contributed by atoms with Crippen molar-refractivity contribution in [2.75, 3.05) is 5.73 Å². The van der Waals surface area contributed by atoms with Gasteiger partial charge >= 0.3 is 0 Å². The molecule has 0 aliphatic rings. The van der Waals surface area contributed by atoms with Crippen molar-refractivity contribution in [3.63, 3.8) is 0 Å². The quantitative estimate of drug-likeness (QED) is 0.909. The van der Waals surface area contributed by atoms with Gasteiger partial charge in [0, 0.05) is 9.89 Å². The minimum absolute atomic E-state index is 0.169. The Morgan fingerprint density at radius 2 is 1.76 bits per heavy atom. The van der Waals surface area contributed by atoms with Crippen LogP contribution in [0.1, 0.15) is 37.7 Å². The van der Waals surface area contributed by atoms with Gasteiger partial charge in [-0.15, -0.1) is 0 Å². The first-order chi connectivity index (χ1) is 9.77. The molecule has 0 saturated carbocycles. The minimum Gasteiger partial charge on any atom is -0.472 e. The number of nitrogens with zero attached hydrogens (tertiary/aromatic N) is 2. The van der Waals surface area contributed by atoms with Crippen molar-refractivity contribution < 1.29 is 4.74 Å². The molecule has 1 aromatic carbocycles. The Hall–Kier alpha value is -1.62. The van der Waals surface area contributed by atoms with E-state index in [0.717, 1.165) is 15.6 Å². The summed E-state index contributed by atoms with van der Waals surface area (Å²) in [6.07, 6.45) is 0. The van der Waals surface area contributed by atoms with E-state index in [1.165, 1.54) is 0 Å². The fourth-order valence-corrected chi connectivity index (χ4v) is 1.99. The summed E-state index contributed by atoms with van der Waals surface area (Å²) in [5, 5.41) is 0. The molecule has 0 radical (unpaired) electrons.